The Morgan fingerprint density at radius 2 is 1.86 bits per heavy atom. The van der Waals surface area contributed by atoms with Gasteiger partial charge < -0.3 is 15.5 Å². The number of hydrogen-bond donors (Lipinski definition) is 2. The summed E-state index contributed by atoms with van der Waals surface area (Å²) in [6.07, 6.45) is 2.24. The van der Waals surface area contributed by atoms with Crippen molar-refractivity contribution in [2.45, 2.75) is 12.5 Å². The fourth-order valence-corrected chi connectivity index (χ4v) is 3.09. The van der Waals surface area contributed by atoms with Gasteiger partial charge in [-0.25, -0.2) is 4.39 Å². The highest BCUT2D eigenvalue weighted by molar-refractivity contribution is 6.01. The van der Waals surface area contributed by atoms with E-state index in [0.717, 1.165) is 16.8 Å². The molecule has 146 valence electrons. The molecule has 0 bridgehead atoms. The number of nitrogens with one attached hydrogen (secondary N) is 2. The Balaban J connectivity index is 1.42. The lowest BCUT2D eigenvalue weighted by molar-refractivity contribution is 0.0958. The van der Waals surface area contributed by atoms with E-state index in [1.807, 2.05) is 24.3 Å². The van der Waals surface area contributed by atoms with Gasteiger partial charge >= 0.3 is 0 Å². The van der Waals surface area contributed by atoms with Crippen molar-refractivity contribution in [2.75, 3.05) is 7.05 Å². The normalized spacial score (nSPS) is 15.4. The second-order valence-electron chi connectivity index (χ2n) is 6.58. The molecular weight excluding hydrogens is 371 g/mol. The highest BCUT2D eigenvalue weighted by Crippen LogP contribution is 2.27. The summed E-state index contributed by atoms with van der Waals surface area (Å²) in [5.74, 6) is 0.653. The number of rotatable bonds is 5. The first-order valence-corrected chi connectivity index (χ1v) is 9.16. The van der Waals surface area contributed by atoms with Gasteiger partial charge in [0.05, 0.1) is 11.8 Å². The summed E-state index contributed by atoms with van der Waals surface area (Å²) >= 11 is 0. The predicted molar refractivity (Wildman–Crippen MR) is 108 cm³/mol. The van der Waals surface area contributed by atoms with Crippen LogP contribution in [0.5, 0.6) is 11.5 Å². The topological polar surface area (TPSA) is 75.6 Å². The molecule has 0 saturated heterocycles. The molecule has 1 aromatic heterocycles. The van der Waals surface area contributed by atoms with E-state index in [1.165, 1.54) is 18.3 Å². The van der Waals surface area contributed by atoms with Gasteiger partial charge in [0.2, 0.25) is 0 Å². The van der Waals surface area contributed by atoms with Crippen molar-refractivity contribution in [3.05, 3.63) is 89.5 Å². The Morgan fingerprint density at radius 3 is 2.59 bits per heavy atom. The van der Waals surface area contributed by atoms with Crippen LogP contribution in [0, 0.1) is 5.82 Å². The summed E-state index contributed by atoms with van der Waals surface area (Å²) in [7, 11) is 1.55. The first kappa shape index (κ1) is 18.6. The molecule has 3 aromatic rings. The number of benzene rings is 2. The summed E-state index contributed by atoms with van der Waals surface area (Å²) in [5, 5.41) is 6.95. The first-order valence-electron chi connectivity index (χ1n) is 9.16. The largest absolute Gasteiger partial charge is 0.457 e. The van der Waals surface area contributed by atoms with Crippen molar-refractivity contribution >= 4 is 11.6 Å². The maximum Gasteiger partial charge on any atom is 0.269 e. The third-order valence-corrected chi connectivity index (χ3v) is 4.64. The van der Waals surface area contributed by atoms with Gasteiger partial charge in [0.15, 0.2) is 0 Å². The van der Waals surface area contributed by atoms with Crippen LogP contribution in [0.25, 0.3) is 0 Å². The summed E-state index contributed by atoms with van der Waals surface area (Å²) in [6.45, 7) is 0. The van der Waals surface area contributed by atoms with Gasteiger partial charge in [-0.3, -0.25) is 9.78 Å². The summed E-state index contributed by atoms with van der Waals surface area (Å²) < 4.78 is 18.9. The van der Waals surface area contributed by atoms with E-state index in [-0.39, 0.29) is 17.8 Å². The number of pyridine rings is 1. The zero-order chi connectivity index (χ0) is 20.2. The van der Waals surface area contributed by atoms with E-state index >= 15 is 0 Å². The lowest BCUT2D eigenvalue weighted by atomic mass is 9.99. The smallest absolute Gasteiger partial charge is 0.269 e. The number of hydrazone groups is 1. The minimum Gasteiger partial charge on any atom is -0.457 e. The zero-order valence-electron chi connectivity index (χ0n) is 15.7. The Hall–Kier alpha value is -3.74. The molecule has 29 heavy (non-hydrogen) atoms. The number of nitrogens with zero attached hydrogens (tertiary/aromatic N) is 2. The molecule has 2 heterocycles. The molecule has 1 aliphatic rings. The molecule has 1 aliphatic heterocycles. The van der Waals surface area contributed by atoms with E-state index in [1.54, 1.807) is 31.3 Å². The van der Waals surface area contributed by atoms with E-state index in [0.29, 0.717) is 23.6 Å². The minimum atomic E-state index is -0.270. The lowest BCUT2D eigenvalue weighted by Crippen LogP contribution is -2.18. The molecular formula is C22H19FN4O2. The second-order valence-corrected chi connectivity index (χ2v) is 6.58. The van der Waals surface area contributed by atoms with E-state index in [4.69, 9.17) is 4.74 Å². The van der Waals surface area contributed by atoms with Gasteiger partial charge in [-0.05, 0) is 53.6 Å². The SMILES string of the molecule is CNC(=O)c1cc(Oc2ccc(C3=NNC(c4ccc(F)cc4)C3)cc2)ccn1. The van der Waals surface area contributed by atoms with Crippen molar-refractivity contribution in [3.63, 3.8) is 0 Å². The molecule has 0 saturated carbocycles. The Bertz CT molecular complexity index is 1050. The standard InChI is InChI=1S/C22H19FN4O2/c1-24-22(28)21-12-18(10-11-25-21)29-17-8-4-15(5-9-17)20-13-19(26-27-20)14-2-6-16(23)7-3-14/h2-12,19,26H,13H2,1H3,(H,24,28). The summed E-state index contributed by atoms with van der Waals surface area (Å²) in [6, 6.07) is 17.3. The van der Waals surface area contributed by atoms with Crippen LogP contribution in [-0.2, 0) is 0 Å². The van der Waals surface area contributed by atoms with Crippen LogP contribution in [-0.4, -0.2) is 23.7 Å². The molecule has 0 aliphatic carbocycles. The lowest BCUT2D eigenvalue weighted by Gasteiger charge is -2.10. The number of carbonyl (C=O) groups is 1. The number of carbonyl (C=O) groups excluding carboxylic acids is 1. The maximum absolute atomic E-state index is 13.1. The average molecular weight is 390 g/mol. The number of hydrogen-bond acceptors (Lipinski definition) is 5. The molecule has 0 spiro atoms. The Labute approximate surface area is 167 Å². The Kier molecular flexibility index (Phi) is 5.20. The second kappa shape index (κ2) is 8.10. The highest BCUT2D eigenvalue weighted by Gasteiger charge is 2.21. The number of halogens is 1. The molecule has 1 unspecified atom stereocenters. The minimum absolute atomic E-state index is 0.0291. The van der Waals surface area contributed by atoms with Crippen molar-refractivity contribution in [1.82, 2.24) is 15.7 Å². The van der Waals surface area contributed by atoms with Gasteiger partial charge in [0, 0.05) is 25.7 Å². The molecule has 1 atom stereocenters. The van der Waals surface area contributed by atoms with E-state index in [9.17, 15) is 9.18 Å². The van der Waals surface area contributed by atoms with Gasteiger partial charge in [-0.15, -0.1) is 0 Å². The van der Waals surface area contributed by atoms with Gasteiger partial charge in [0.25, 0.3) is 5.91 Å². The number of ether oxygens (including phenoxy) is 1. The molecule has 2 aromatic carbocycles. The summed E-state index contributed by atoms with van der Waals surface area (Å²) in [4.78, 5) is 15.7. The van der Waals surface area contributed by atoms with E-state index < -0.39 is 0 Å². The molecule has 7 heteroatoms. The van der Waals surface area contributed by atoms with Crippen molar-refractivity contribution in [3.8, 4) is 11.5 Å². The van der Waals surface area contributed by atoms with Crippen molar-refractivity contribution in [1.29, 1.82) is 0 Å². The predicted octanol–water partition coefficient (Wildman–Crippen LogP) is 3.81. The monoisotopic (exact) mass is 390 g/mol. The third kappa shape index (κ3) is 4.24. The van der Waals surface area contributed by atoms with Crippen LogP contribution >= 0.6 is 0 Å². The molecule has 0 fully saturated rings. The van der Waals surface area contributed by atoms with Gasteiger partial charge in [0.1, 0.15) is 23.0 Å². The van der Waals surface area contributed by atoms with Crippen LogP contribution in [0.1, 0.15) is 34.1 Å². The molecule has 1 amide bonds. The van der Waals surface area contributed by atoms with Crippen LogP contribution in [0.3, 0.4) is 0 Å². The highest BCUT2D eigenvalue weighted by atomic mass is 19.1. The van der Waals surface area contributed by atoms with Crippen molar-refractivity contribution in [2.24, 2.45) is 5.10 Å². The van der Waals surface area contributed by atoms with Crippen LogP contribution in [0.15, 0.2) is 72.0 Å². The fraction of sp³-hybridized carbons (Fsp3) is 0.136. The zero-order valence-corrected chi connectivity index (χ0v) is 15.7. The van der Waals surface area contributed by atoms with Gasteiger partial charge in [-0.1, -0.05) is 12.1 Å². The fourth-order valence-electron chi connectivity index (χ4n) is 3.09. The van der Waals surface area contributed by atoms with Crippen LogP contribution in [0.4, 0.5) is 4.39 Å². The molecule has 0 radical (unpaired) electrons. The number of aromatic nitrogens is 1. The quantitative estimate of drug-likeness (QED) is 0.695. The van der Waals surface area contributed by atoms with Crippen LogP contribution < -0.4 is 15.5 Å². The molecule has 2 N–H and O–H groups in total. The van der Waals surface area contributed by atoms with Gasteiger partial charge in [-0.2, -0.15) is 5.10 Å². The molecule has 6 nitrogen and oxygen atoms in total. The van der Waals surface area contributed by atoms with Crippen LogP contribution in [0.2, 0.25) is 0 Å². The third-order valence-electron chi connectivity index (χ3n) is 4.64. The average Bonchev–Trinajstić information content (AvgIpc) is 3.24. The van der Waals surface area contributed by atoms with Crippen molar-refractivity contribution < 1.29 is 13.9 Å². The first-order chi connectivity index (χ1) is 14.1. The number of amides is 1. The maximum atomic E-state index is 13.1. The van der Waals surface area contributed by atoms with E-state index in [2.05, 4.69) is 20.8 Å². The summed E-state index contributed by atoms with van der Waals surface area (Å²) in [5.41, 5.74) is 6.30. The molecule has 4 rings (SSSR count). The Morgan fingerprint density at radius 1 is 1.10 bits per heavy atom.